The fraction of sp³-hybridized carbons (Fsp3) is 0.514. The van der Waals surface area contributed by atoms with Gasteiger partial charge in [0.15, 0.2) is 0 Å². The first-order valence-corrected chi connectivity index (χ1v) is 18.2. The van der Waals surface area contributed by atoms with Crippen LogP contribution in [-0.4, -0.2) is 72.6 Å². The molecule has 0 radical (unpaired) electrons. The average Bonchev–Trinajstić information content (AvgIpc) is 3.96. The number of nitrogens with one attached hydrogen (secondary N) is 3. The number of hydrogen-bond acceptors (Lipinski definition) is 8. The average molecular weight is 678 g/mol. The third-order valence-corrected chi connectivity index (χ3v) is 11.7. The smallest absolute Gasteiger partial charge is 0.411 e. The minimum Gasteiger partial charge on any atom is -0.446 e. The van der Waals surface area contributed by atoms with Crippen molar-refractivity contribution in [2.45, 2.75) is 82.1 Å². The Morgan fingerprint density at radius 2 is 1.79 bits per heavy atom. The van der Waals surface area contributed by atoms with Crippen molar-refractivity contribution in [2.75, 3.05) is 18.9 Å². The van der Waals surface area contributed by atoms with Crippen LogP contribution in [0.25, 0.3) is 11.3 Å². The summed E-state index contributed by atoms with van der Waals surface area (Å²) in [6, 6.07) is 9.44. The van der Waals surface area contributed by atoms with Gasteiger partial charge in [0, 0.05) is 31.3 Å². The number of carbonyl (C=O) groups excluding carboxylic acids is 4. The highest BCUT2D eigenvalue weighted by Crippen LogP contribution is 2.47. The van der Waals surface area contributed by atoms with Crippen molar-refractivity contribution in [3.05, 3.63) is 59.8 Å². The van der Waals surface area contributed by atoms with Crippen molar-refractivity contribution in [3.63, 3.8) is 0 Å². The summed E-state index contributed by atoms with van der Waals surface area (Å²) in [5.41, 5.74) is 2.42. The molecule has 3 N–H and O–H groups in total. The van der Waals surface area contributed by atoms with Crippen LogP contribution in [0.2, 0.25) is 0 Å². The molecule has 2 aromatic rings. The Hall–Kier alpha value is -4.26. The van der Waals surface area contributed by atoms with Gasteiger partial charge in [0.05, 0.1) is 28.5 Å². The van der Waals surface area contributed by atoms with E-state index in [9.17, 15) is 27.6 Å². The van der Waals surface area contributed by atoms with Gasteiger partial charge in [-0.15, -0.1) is 0 Å². The maximum Gasteiger partial charge on any atom is 0.411 e. The number of amides is 4. The fourth-order valence-electron chi connectivity index (χ4n) is 6.79. The Morgan fingerprint density at radius 3 is 2.52 bits per heavy atom. The van der Waals surface area contributed by atoms with E-state index in [1.807, 2.05) is 56.3 Å². The Balaban J connectivity index is 1.20. The number of aromatic nitrogens is 1. The van der Waals surface area contributed by atoms with E-state index in [0.29, 0.717) is 36.3 Å². The molecule has 256 valence electrons. The number of hydrogen-bond donors (Lipinski definition) is 3. The highest BCUT2D eigenvalue weighted by molar-refractivity contribution is 7.91. The molecular weight excluding hydrogens is 634 g/mol. The summed E-state index contributed by atoms with van der Waals surface area (Å²) in [6.45, 7) is 4.37. The minimum absolute atomic E-state index is 0.0717. The number of anilines is 1. The van der Waals surface area contributed by atoms with Gasteiger partial charge in [-0.2, -0.15) is 0 Å². The molecule has 3 aliphatic carbocycles. The molecule has 1 aromatic carbocycles. The molecule has 1 aromatic heterocycles. The highest BCUT2D eigenvalue weighted by atomic mass is 32.2. The van der Waals surface area contributed by atoms with Gasteiger partial charge in [-0.05, 0) is 88.5 Å². The van der Waals surface area contributed by atoms with Crippen LogP contribution in [0.5, 0.6) is 0 Å². The number of rotatable bonds is 6. The summed E-state index contributed by atoms with van der Waals surface area (Å²) >= 11 is 0. The topological polar surface area (TPSA) is 164 Å². The lowest BCUT2D eigenvalue weighted by atomic mass is 9.93. The first kappa shape index (κ1) is 33.6. The molecule has 4 amide bonds. The van der Waals surface area contributed by atoms with Crippen LogP contribution >= 0.6 is 0 Å². The van der Waals surface area contributed by atoms with Crippen molar-refractivity contribution in [3.8, 4) is 11.3 Å². The van der Waals surface area contributed by atoms with Crippen LogP contribution in [0.1, 0.15) is 62.5 Å². The van der Waals surface area contributed by atoms with Crippen LogP contribution in [0.4, 0.5) is 10.5 Å². The van der Waals surface area contributed by atoms with Crippen LogP contribution < -0.4 is 15.4 Å². The number of benzene rings is 1. The molecule has 1 aliphatic heterocycles. The van der Waals surface area contributed by atoms with Gasteiger partial charge in [-0.25, -0.2) is 13.2 Å². The largest absolute Gasteiger partial charge is 0.446 e. The van der Waals surface area contributed by atoms with Crippen LogP contribution in [0, 0.1) is 31.6 Å². The van der Waals surface area contributed by atoms with Gasteiger partial charge in [-0.1, -0.05) is 30.4 Å². The lowest BCUT2D eigenvalue weighted by Crippen LogP contribution is -2.54. The molecule has 2 heterocycles. The molecule has 5 unspecified atom stereocenters. The van der Waals surface area contributed by atoms with E-state index in [-0.39, 0.29) is 31.1 Å². The van der Waals surface area contributed by atoms with E-state index in [0.717, 1.165) is 30.4 Å². The molecule has 3 fully saturated rings. The van der Waals surface area contributed by atoms with E-state index in [4.69, 9.17) is 4.74 Å². The number of carbonyl (C=O) groups is 4. The summed E-state index contributed by atoms with van der Waals surface area (Å²) in [7, 11) is -2.14. The molecule has 6 rings (SSSR count). The van der Waals surface area contributed by atoms with Gasteiger partial charge >= 0.3 is 6.09 Å². The van der Waals surface area contributed by atoms with Crippen LogP contribution in [-0.2, 0) is 29.1 Å². The van der Waals surface area contributed by atoms with Crippen molar-refractivity contribution in [1.82, 2.24) is 19.9 Å². The van der Waals surface area contributed by atoms with E-state index in [1.165, 1.54) is 0 Å². The first-order chi connectivity index (χ1) is 22.9. The second-order valence-electron chi connectivity index (χ2n) is 13.7. The summed E-state index contributed by atoms with van der Waals surface area (Å²) in [5, 5.41) is 5.10. The zero-order valence-corrected chi connectivity index (χ0v) is 28.3. The number of allylic oxidation sites excluding steroid dienone is 1. The summed E-state index contributed by atoms with van der Waals surface area (Å²) < 4.78 is 33.4. The number of aryl methyl sites for hydroxylation is 2. The van der Waals surface area contributed by atoms with Crippen molar-refractivity contribution in [1.29, 1.82) is 0 Å². The second kappa shape index (κ2) is 13.3. The number of ether oxygens (including phenoxy) is 1. The first-order valence-electron chi connectivity index (χ1n) is 16.7. The zero-order chi connectivity index (χ0) is 34.2. The molecule has 4 aliphatic rings. The van der Waals surface area contributed by atoms with Crippen molar-refractivity contribution in [2.24, 2.45) is 17.8 Å². The summed E-state index contributed by atoms with van der Waals surface area (Å²) in [6.07, 6.45) is 7.84. The van der Waals surface area contributed by atoms with Gasteiger partial charge in [0.2, 0.25) is 21.8 Å². The quantitative estimate of drug-likeness (QED) is 0.387. The highest BCUT2D eigenvalue weighted by Gasteiger charge is 2.62. The van der Waals surface area contributed by atoms with Crippen LogP contribution in [0.3, 0.4) is 0 Å². The molecule has 0 bridgehead atoms. The number of sulfonamides is 1. The van der Waals surface area contributed by atoms with Crippen molar-refractivity contribution < 1.29 is 32.3 Å². The fourth-order valence-corrected chi connectivity index (χ4v) is 8.16. The molecule has 3 saturated carbocycles. The Bertz CT molecular complexity index is 1740. The second-order valence-corrected chi connectivity index (χ2v) is 15.7. The lowest BCUT2D eigenvalue weighted by molar-refractivity contribution is -0.140. The maximum absolute atomic E-state index is 14.0. The molecule has 48 heavy (non-hydrogen) atoms. The van der Waals surface area contributed by atoms with E-state index in [2.05, 4.69) is 20.3 Å². The lowest BCUT2D eigenvalue weighted by Gasteiger charge is -2.26. The van der Waals surface area contributed by atoms with E-state index >= 15 is 0 Å². The summed E-state index contributed by atoms with van der Waals surface area (Å²) in [5.74, 6) is -3.57. The van der Waals surface area contributed by atoms with E-state index < -0.39 is 56.7 Å². The molecule has 13 heteroatoms. The Morgan fingerprint density at radius 1 is 1.04 bits per heavy atom. The Kier molecular flexibility index (Phi) is 9.34. The van der Waals surface area contributed by atoms with Gasteiger partial charge in [0.1, 0.15) is 11.6 Å². The zero-order valence-electron chi connectivity index (χ0n) is 27.5. The SMILES string of the molecule is Cc1ccc(-c2ccc(C)cc2NC(=O)OC2CC3C(=O)NC4(C(=O)NS(=O)(=O)C5CC5)CC4/C=C/CCCCN(C)C(=O)C3C2)nc1. The normalized spacial score (nSPS) is 28.3. The maximum atomic E-state index is 14.0. The van der Waals surface area contributed by atoms with E-state index in [1.54, 1.807) is 18.1 Å². The molecule has 12 nitrogen and oxygen atoms in total. The van der Waals surface area contributed by atoms with Crippen LogP contribution in [0.15, 0.2) is 48.7 Å². The predicted octanol–water partition coefficient (Wildman–Crippen LogP) is 3.99. The van der Waals surface area contributed by atoms with Crippen molar-refractivity contribution >= 4 is 39.5 Å². The molecule has 0 spiro atoms. The van der Waals surface area contributed by atoms with Gasteiger partial charge < -0.3 is 15.0 Å². The molecule has 0 saturated heterocycles. The number of fused-ring (bicyclic) bond motifs is 2. The monoisotopic (exact) mass is 677 g/mol. The third-order valence-electron chi connectivity index (χ3n) is 9.87. The predicted molar refractivity (Wildman–Crippen MR) is 179 cm³/mol. The molecular formula is C35H43N5O7S. The number of nitrogens with zero attached hydrogens (tertiary/aromatic N) is 2. The summed E-state index contributed by atoms with van der Waals surface area (Å²) in [4.78, 5) is 60.5. The number of pyridine rings is 1. The van der Waals surface area contributed by atoms with Gasteiger partial charge in [0.25, 0.3) is 5.91 Å². The van der Waals surface area contributed by atoms with Gasteiger partial charge in [-0.3, -0.25) is 29.4 Å². The minimum atomic E-state index is -3.84. The molecule has 5 atom stereocenters. The third kappa shape index (κ3) is 7.25. The standard InChI is InChI=1S/C35H43N5O7S/c1-21-9-13-26(29-14-10-22(2)20-36-29)30(16-21)37-34(44)47-24-17-27-28(18-24)32(42)40(3)15-7-5-4-6-8-23-19-35(23,38-31(27)41)33(43)39-48(45,46)25-11-12-25/h6,8-10,13-14,16,20,23-25,27-28H,4-5,7,11-12,15,17-19H2,1-3H3,(H,37,44)(H,38,41)(H,39,43)/b8-6+. The Labute approximate surface area is 281 Å².